The second kappa shape index (κ2) is 9.57. The van der Waals surface area contributed by atoms with E-state index >= 15 is 0 Å². The lowest BCUT2D eigenvalue weighted by atomic mass is 10.2. The topological polar surface area (TPSA) is 68.5 Å². The zero-order chi connectivity index (χ0) is 19.9. The molecule has 1 N–H and O–H groups in total. The first kappa shape index (κ1) is 20.2. The summed E-state index contributed by atoms with van der Waals surface area (Å²) in [7, 11) is 0.448. The van der Waals surface area contributed by atoms with Crippen LogP contribution in [0.4, 0.5) is 0 Å². The van der Waals surface area contributed by atoms with Gasteiger partial charge in [-0.15, -0.1) is 0 Å². The van der Waals surface area contributed by atoms with E-state index in [4.69, 9.17) is 20.8 Å². The number of halogens is 1. The van der Waals surface area contributed by atoms with Gasteiger partial charge in [-0.2, -0.15) is 0 Å². The fraction of sp³-hybridized carbons (Fsp3) is 0.190. The van der Waals surface area contributed by atoms with E-state index in [-0.39, 0.29) is 17.4 Å². The second-order valence-corrected chi connectivity index (χ2v) is 8.05. The predicted octanol–water partition coefficient (Wildman–Crippen LogP) is 4.32. The minimum Gasteiger partial charge on any atom is -0.497 e. The van der Waals surface area contributed by atoms with Crippen molar-refractivity contribution in [2.24, 2.45) is 0 Å². The highest BCUT2D eigenvalue weighted by Crippen LogP contribution is 2.16. The minimum absolute atomic E-state index is 0.196. The molecule has 0 saturated heterocycles. The Bertz CT molecular complexity index is 969. The van der Waals surface area contributed by atoms with E-state index in [0.717, 1.165) is 16.9 Å². The highest BCUT2D eigenvalue weighted by molar-refractivity contribution is 7.83. The number of methoxy groups -OCH3 is 1. The first-order valence-electron chi connectivity index (χ1n) is 8.63. The van der Waals surface area contributed by atoms with E-state index in [0.29, 0.717) is 23.1 Å². The standard InChI is InChI=1S/C21H20ClNO4S/c1-26-18-4-2-3-16(11-18)12-23-21(24)20-10-9-19(27-20)14-28(25)13-15-5-7-17(22)8-6-15/h2-11H,12-14H2,1H3,(H,23,24). The molecule has 1 aromatic heterocycles. The van der Waals surface area contributed by atoms with Gasteiger partial charge in [0.2, 0.25) is 0 Å². The van der Waals surface area contributed by atoms with E-state index in [1.807, 2.05) is 36.4 Å². The Kier molecular flexibility index (Phi) is 6.90. The molecular weight excluding hydrogens is 398 g/mol. The minimum atomic E-state index is -1.15. The van der Waals surface area contributed by atoms with E-state index in [9.17, 15) is 9.00 Å². The molecule has 28 heavy (non-hydrogen) atoms. The molecule has 0 bridgehead atoms. The molecule has 146 valence electrons. The number of furan rings is 1. The predicted molar refractivity (Wildman–Crippen MR) is 110 cm³/mol. The molecule has 0 aliphatic rings. The number of rotatable bonds is 8. The fourth-order valence-electron chi connectivity index (χ4n) is 2.61. The van der Waals surface area contributed by atoms with E-state index in [1.165, 1.54) is 0 Å². The summed E-state index contributed by atoms with van der Waals surface area (Å²) in [6, 6.07) is 18.0. The molecule has 1 amide bonds. The smallest absolute Gasteiger partial charge is 0.287 e. The largest absolute Gasteiger partial charge is 0.497 e. The van der Waals surface area contributed by atoms with Crippen LogP contribution >= 0.6 is 11.6 Å². The van der Waals surface area contributed by atoms with Gasteiger partial charge >= 0.3 is 0 Å². The Hall–Kier alpha value is -2.57. The van der Waals surface area contributed by atoms with Crippen LogP contribution in [-0.4, -0.2) is 17.2 Å². The molecule has 0 aliphatic carbocycles. The molecule has 0 radical (unpaired) electrons. The Labute approximate surface area is 171 Å². The number of benzene rings is 2. The normalized spacial score (nSPS) is 11.8. The monoisotopic (exact) mass is 417 g/mol. The van der Waals surface area contributed by atoms with Crippen molar-refractivity contribution in [2.75, 3.05) is 7.11 Å². The maximum absolute atomic E-state index is 12.3. The van der Waals surface area contributed by atoms with Crippen LogP contribution in [0.25, 0.3) is 0 Å². The van der Waals surface area contributed by atoms with E-state index in [2.05, 4.69) is 5.32 Å². The number of carbonyl (C=O) groups excluding carboxylic acids is 1. The summed E-state index contributed by atoms with van der Waals surface area (Å²) in [6.45, 7) is 0.356. The van der Waals surface area contributed by atoms with Crippen molar-refractivity contribution >= 4 is 28.3 Å². The maximum Gasteiger partial charge on any atom is 0.287 e. The third-order valence-electron chi connectivity index (χ3n) is 4.02. The molecular formula is C21H20ClNO4S. The Morgan fingerprint density at radius 2 is 1.86 bits per heavy atom. The summed E-state index contributed by atoms with van der Waals surface area (Å²) in [5, 5.41) is 3.45. The number of carbonyl (C=O) groups is 1. The molecule has 0 aliphatic heterocycles. The summed E-state index contributed by atoms with van der Waals surface area (Å²) in [6.07, 6.45) is 0. The van der Waals surface area contributed by atoms with Gasteiger partial charge in [-0.05, 0) is 47.5 Å². The second-order valence-electron chi connectivity index (χ2n) is 6.16. The highest BCUT2D eigenvalue weighted by Gasteiger charge is 2.13. The molecule has 7 heteroatoms. The number of ether oxygens (including phenoxy) is 1. The third kappa shape index (κ3) is 5.71. The highest BCUT2D eigenvalue weighted by atomic mass is 35.5. The van der Waals surface area contributed by atoms with Crippen LogP contribution in [0.3, 0.4) is 0 Å². The van der Waals surface area contributed by atoms with Gasteiger partial charge in [-0.3, -0.25) is 9.00 Å². The van der Waals surface area contributed by atoms with E-state index < -0.39 is 10.8 Å². The molecule has 5 nitrogen and oxygen atoms in total. The molecule has 0 fully saturated rings. The van der Waals surface area contributed by atoms with Gasteiger partial charge in [-0.25, -0.2) is 0 Å². The van der Waals surface area contributed by atoms with Crippen molar-refractivity contribution in [3.63, 3.8) is 0 Å². The van der Waals surface area contributed by atoms with Crippen LogP contribution in [0.1, 0.15) is 27.4 Å². The number of amides is 1. The van der Waals surface area contributed by atoms with Crippen LogP contribution in [0.2, 0.25) is 5.02 Å². The van der Waals surface area contributed by atoms with E-state index in [1.54, 1.807) is 31.4 Å². The van der Waals surface area contributed by atoms with Gasteiger partial charge in [0.15, 0.2) is 5.76 Å². The fourth-order valence-corrected chi connectivity index (χ4v) is 3.87. The zero-order valence-corrected chi connectivity index (χ0v) is 16.9. The molecule has 0 spiro atoms. The quantitative estimate of drug-likeness (QED) is 0.592. The average molecular weight is 418 g/mol. The first-order valence-corrected chi connectivity index (χ1v) is 10.5. The van der Waals surface area contributed by atoms with Crippen LogP contribution < -0.4 is 10.1 Å². The number of hydrogen-bond donors (Lipinski definition) is 1. The van der Waals surface area contributed by atoms with Crippen molar-refractivity contribution in [3.05, 3.63) is 88.3 Å². The number of nitrogens with one attached hydrogen (secondary N) is 1. The van der Waals surface area contributed by atoms with Gasteiger partial charge in [0.05, 0.1) is 12.9 Å². The van der Waals surface area contributed by atoms with Crippen molar-refractivity contribution in [1.82, 2.24) is 5.32 Å². The molecule has 3 rings (SSSR count). The lowest BCUT2D eigenvalue weighted by Gasteiger charge is -2.05. The van der Waals surface area contributed by atoms with Crippen molar-refractivity contribution < 1.29 is 18.2 Å². The first-order chi connectivity index (χ1) is 13.5. The molecule has 1 heterocycles. The molecule has 2 aromatic carbocycles. The molecule has 1 atom stereocenters. The number of hydrogen-bond acceptors (Lipinski definition) is 4. The molecule has 3 aromatic rings. The van der Waals surface area contributed by atoms with Gasteiger partial charge in [-0.1, -0.05) is 35.9 Å². The van der Waals surface area contributed by atoms with Crippen molar-refractivity contribution in [1.29, 1.82) is 0 Å². The van der Waals surface area contributed by atoms with Crippen LogP contribution in [0.15, 0.2) is 65.1 Å². The average Bonchev–Trinajstić information content (AvgIpc) is 3.16. The van der Waals surface area contributed by atoms with Crippen LogP contribution in [0.5, 0.6) is 5.75 Å². The lowest BCUT2D eigenvalue weighted by molar-refractivity contribution is 0.0921. The van der Waals surface area contributed by atoms with Gasteiger partial charge in [0.25, 0.3) is 5.91 Å². The van der Waals surface area contributed by atoms with Crippen LogP contribution in [-0.2, 0) is 28.9 Å². The lowest BCUT2D eigenvalue weighted by Crippen LogP contribution is -2.22. The summed E-state index contributed by atoms with van der Waals surface area (Å²) >= 11 is 5.86. The van der Waals surface area contributed by atoms with Crippen molar-refractivity contribution in [2.45, 2.75) is 18.1 Å². The van der Waals surface area contributed by atoms with Gasteiger partial charge < -0.3 is 14.5 Å². The summed E-state index contributed by atoms with van der Waals surface area (Å²) in [4.78, 5) is 12.3. The van der Waals surface area contributed by atoms with Gasteiger partial charge in [0, 0.05) is 28.1 Å². The summed E-state index contributed by atoms with van der Waals surface area (Å²) < 4.78 is 23.0. The van der Waals surface area contributed by atoms with Crippen LogP contribution in [0, 0.1) is 0 Å². The third-order valence-corrected chi connectivity index (χ3v) is 5.53. The Morgan fingerprint density at radius 3 is 2.61 bits per heavy atom. The maximum atomic E-state index is 12.3. The Balaban J connectivity index is 1.53. The molecule has 1 unspecified atom stereocenters. The summed E-state index contributed by atoms with van der Waals surface area (Å²) in [5.41, 5.74) is 1.86. The SMILES string of the molecule is COc1cccc(CNC(=O)c2ccc(CS(=O)Cc3ccc(Cl)cc3)o2)c1. The Morgan fingerprint density at radius 1 is 1.07 bits per heavy atom. The van der Waals surface area contributed by atoms with Gasteiger partial charge in [0.1, 0.15) is 11.5 Å². The molecule has 0 saturated carbocycles. The summed E-state index contributed by atoms with van der Waals surface area (Å²) in [5.74, 6) is 1.76. The zero-order valence-electron chi connectivity index (χ0n) is 15.3. The van der Waals surface area contributed by atoms with Crippen molar-refractivity contribution in [3.8, 4) is 5.75 Å².